The molecule has 0 spiro atoms. The highest BCUT2D eigenvalue weighted by atomic mass is 16.5. The second-order valence-electron chi connectivity index (χ2n) is 10.2. The smallest absolute Gasteiger partial charge is 0.338 e. The van der Waals surface area contributed by atoms with Gasteiger partial charge in [0.2, 0.25) is 0 Å². The molecule has 4 fully saturated rings. The number of rotatable bonds is 9. The van der Waals surface area contributed by atoms with Gasteiger partial charge in [-0.15, -0.1) is 0 Å². The molecule has 6 nitrogen and oxygen atoms in total. The fourth-order valence-corrected chi connectivity index (χ4v) is 6.13. The van der Waals surface area contributed by atoms with Crippen molar-refractivity contribution in [1.82, 2.24) is 5.32 Å². The van der Waals surface area contributed by atoms with Gasteiger partial charge in [-0.3, -0.25) is 4.79 Å². The highest BCUT2D eigenvalue weighted by Crippen LogP contribution is 2.55. The van der Waals surface area contributed by atoms with E-state index in [9.17, 15) is 9.59 Å². The number of esters is 1. The summed E-state index contributed by atoms with van der Waals surface area (Å²) >= 11 is 0. The number of hydrogen-bond acceptors (Lipinski definition) is 5. The lowest BCUT2D eigenvalue weighted by molar-refractivity contribution is -0.130. The first kappa shape index (κ1) is 22.0. The number of benzene rings is 1. The highest BCUT2D eigenvalue weighted by Gasteiger charge is 2.51. The summed E-state index contributed by atoms with van der Waals surface area (Å²) in [4.78, 5) is 25.1. The number of carbonyl (C=O) groups is 2. The molecule has 1 aromatic carbocycles. The Hall–Kier alpha value is -2.24. The molecule has 0 saturated heterocycles. The minimum absolute atomic E-state index is 0.0730. The monoisotopic (exact) mass is 429 g/mol. The Balaban J connectivity index is 1.29. The van der Waals surface area contributed by atoms with Crippen LogP contribution in [0.3, 0.4) is 0 Å². The molecule has 0 aromatic heterocycles. The van der Waals surface area contributed by atoms with E-state index in [-0.39, 0.29) is 18.1 Å². The third-order valence-corrected chi connectivity index (χ3v) is 7.13. The molecular weight excluding hydrogens is 394 g/mol. The maximum atomic E-state index is 12.6. The van der Waals surface area contributed by atoms with Gasteiger partial charge in [0.1, 0.15) is 0 Å². The van der Waals surface area contributed by atoms with E-state index in [1.54, 1.807) is 25.3 Å². The standard InChI is InChI=1S/C25H35NO5/c1-16(2)6-7-30-21-5-4-20(11-22(21)29-3)24(28)31-15-23(27)26-25-12-17-8-18(13-25)10-19(9-17)14-25/h4-5,11,16-19H,6-10,12-15H2,1-3H3,(H,26,27). The van der Waals surface area contributed by atoms with Crippen LogP contribution in [0.5, 0.6) is 11.5 Å². The summed E-state index contributed by atoms with van der Waals surface area (Å²) in [5.74, 6) is 3.15. The predicted octanol–water partition coefficient (Wildman–Crippen LogP) is 4.36. The SMILES string of the molecule is COc1cc(C(=O)OCC(=O)NC23CC4CC(CC(C4)C2)C3)ccc1OCCC(C)C. The first-order chi connectivity index (χ1) is 14.9. The summed E-state index contributed by atoms with van der Waals surface area (Å²) < 4.78 is 16.4. The first-order valence-corrected chi connectivity index (χ1v) is 11.6. The van der Waals surface area contributed by atoms with Gasteiger partial charge in [-0.2, -0.15) is 0 Å². The number of ether oxygens (including phenoxy) is 3. The van der Waals surface area contributed by atoms with Crippen LogP contribution >= 0.6 is 0 Å². The van der Waals surface area contributed by atoms with E-state index in [0.717, 1.165) is 43.4 Å². The van der Waals surface area contributed by atoms with E-state index in [1.807, 2.05) is 0 Å². The molecule has 4 saturated carbocycles. The summed E-state index contributed by atoms with van der Waals surface area (Å²) in [6.45, 7) is 4.61. The zero-order valence-electron chi connectivity index (χ0n) is 18.9. The van der Waals surface area contributed by atoms with Gasteiger partial charge in [-0.1, -0.05) is 13.8 Å². The van der Waals surface area contributed by atoms with E-state index in [4.69, 9.17) is 14.2 Å². The quantitative estimate of drug-likeness (QED) is 0.591. The van der Waals surface area contributed by atoms with Crippen molar-refractivity contribution in [3.05, 3.63) is 23.8 Å². The minimum Gasteiger partial charge on any atom is -0.493 e. The molecule has 6 heteroatoms. The van der Waals surface area contributed by atoms with Gasteiger partial charge in [-0.05, 0) is 86.8 Å². The molecule has 0 radical (unpaired) electrons. The first-order valence-electron chi connectivity index (χ1n) is 11.6. The lowest BCUT2D eigenvalue weighted by atomic mass is 9.53. The van der Waals surface area contributed by atoms with Gasteiger partial charge in [0.25, 0.3) is 5.91 Å². The van der Waals surface area contributed by atoms with Gasteiger partial charge in [-0.25, -0.2) is 4.79 Å². The van der Waals surface area contributed by atoms with Crippen molar-refractivity contribution in [3.63, 3.8) is 0 Å². The van der Waals surface area contributed by atoms with Crippen molar-refractivity contribution >= 4 is 11.9 Å². The predicted molar refractivity (Wildman–Crippen MR) is 117 cm³/mol. The number of methoxy groups -OCH3 is 1. The number of nitrogens with one attached hydrogen (secondary N) is 1. The molecule has 1 aromatic rings. The average Bonchev–Trinajstić information content (AvgIpc) is 2.70. The van der Waals surface area contributed by atoms with Crippen molar-refractivity contribution in [1.29, 1.82) is 0 Å². The van der Waals surface area contributed by atoms with E-state index >= 15 is 0 Å². The summed E-state index contributed by atoms with van der Waals surface area (Å²) in [6, 6.07) is 4.96. The molecule has 4 aliphatic carbocycles. The van der Waals surface area contributed by atoms with E-state index in [2.05, 4.69) is 19.2 Å². The largest absolute Gasteiger partial charge is 0.493 e. The summed E-state index contributed by atoms with van der Waals surface area (Å²) in [7, 11) is 1.54. The van der Waals surface area contributed by atoms with E-state index in [1.165, 1.54) is 19.3 Å². The van der Waals surface area contributed by atoms with Gasteiger partial charge in [0.15, 0.2) is 18.1 Å². The third kappa shape index (κ3) is 5.16. The highest BCUT2D eigenvalue weighted by molar-refractivity contribution is 5.92. The van der Waals surface area contributed by atoms with Crippen molar-refractivity contribution in [2.45, 2.75) is 64.3 Å². The Bertz CT molecular complexity index is 783. The van der Waals surface area contributed by atoms with E-state index < -0.39 is 5.97 Å². The Morgan fingerprint density at radius 3 is 2.29 bits per heavy atom. The van der Waals surface area contributed by atoms with Crippen LogP contribution in [0.25, 0.3) is 0 Å². The van der Waals surface area contributed by atoms with Gasteiger partial charge in [0, 0.05) is 5.54 Å². The van der Waals surface area contributed by atoms with Crippen LogP contribution in [0.1, 0.15) is 69.2 Å². The number of amides is 1. The van der Waals surface area contributed by atoms with E-state index in [0.29, 0.717) is 29.6 Å². The Kier molecular flexibility index (Phi) is 6.44. The Morgan fingerprint density at radius 2 is 1.71 bits per heavy atom. The molecule has 4 aliphatic rings. The average molecular weight is 430 g/mol. The summed E-state index contributed by atoms with van der Waals surface area (Å²) in [5, 5.41) is 3.23. The van der Waals surface area contributed by atoms with Crippen LogP contribution in [0, 0.1) is 23.7 Å². The third-order valence-electron chi connectivity index (χ3n) is 7.13. The van der Waals surface area contributed by atoms with Crippen LogP contribution in [0.2, 0.25) is 0 Å². The van der Waals surface area contributed by atoms with Crippen LogP contribution in [0.15, 0.2) is 18.2 Å². The molecule has 0 aliphatic heterocycles. The molecule has 5 rings (SSSR count). The fraction of sp³-hybridized carbons (Fsp3) is 0.680. The molecule has 1 N–H and O–H groups in total. The normalized spacial score (nSPS) is 28.5. The number of hydrogen-bond donors (Lipinski definition) is 1. The number of carbonyl (C=O) groups excluding carboxylic acids is 2. The van der Waals surface area contributed by atoms with Crippen molar-refractivity contribution in [3.8, 4) is 11.5 Å². The molecule has 4 bridgehead atoms. The summed E-state index contributed by atoms with van der Waals surface area (Å²) in [6.07, 6.45) is 8.14. The second-order valence-corrected chi connectivity index (χ2v) is 10.2. The lowest BCUT2D eigenvalue weighted by Gasteiger charge is -2.56. The molecule has 0 heterocycles. The van der Waals surface area contributed by atoms with Gasteiger partial charge < -0.3 is 19.5 Å². The zero-order valence-corrected chi connectivity index (χ0v) is 18.9. The molecule has 0 atom stereocenters. The Morgan fingerprint density at radius 1 is 1.06 bits per heavy atom. The second kappa shape index (κ2) is 9.09. The van der Waals surface area contributed by atoms with Crippen LogP contribution in [-0.2, 0) is 9.53 Å². The molecule has 0 unspecified atom stereocenters. The molecule has 170 valence electrons. The fourth-order valence-electron chi connectivity index (χ4n) is 6.13. The van der Waals surface area contributed by atoms with Crippen LogP contribution in [0.4, 0.5) is 0 Å². The van der Waals surface area contributed by atoms with Crippen LogP contribution in [-0.4, -0.2) is 37.7 Å². The topological polar surface area (TPSA) is 73.9 Å². The molecular formula is C25H35NO5. The van der Waals surface area contributed by atoms with Crippen molar-refractivity contribution < 1.29 is 23.8 Å². The maximum absolute atomic E-state index is 12.6. The summed E-state index contributed by atoms with van der Waals surface area (Å²) in [5.41, 5.74) is 0.270. The Labute approximate surface area is 185 Å². The van der Waals surface area contributed by atoms with Gasteiger partial charge in [0.05, 0.1) is 19.3 Å². The zero-order chi connectivity index (χ0) is 22.0. The minimum atomic E-state index is -0.535. The van der Waals surface area contributed by atoms with Crippen molar-refractivity contribution in [2.24, 2.45) is 23.7 Å². The molecule has 1 amide bonds. The maximum Gasteiger partial charge on any atom is 0.338 e. The van der Waals surface area contributed by atoms with Gasteiger partial charge >= 0.3 is 5.97 Å². The lowest BCUT2D eigenvalue weighted by Crippen LogP contribution is -2.60. The van der Waals surface area contributed by atoms with Crippen molar-refractivity contribution in [2.75, 3.05) is 20.3 Å². The van der Waals surface area contributed by atoms with Crippen LogP contribution < -0.4 is 14.8 Å². The molecule has 31 heavy (non-hydrogen) atoms.